The van der Waals surface area contributed by atoms with Gasteiger partial charge in [0, 0.05) is 13.1 Å². The number of amides is 2. The van der Waals surface area contributed by atoms with Crippen LogP contribution < -0.4 is 15.4 Å². The molecule has 1 aliphatic rings. The van der Waals surface area contributed by atoms with E-state index in [1.54, 1.807) is 7.11 Å². The summed E-state index contributed by atoms with van der Waals surface area (Å²) in [4.78, 5) is 11.7. The van der Waals surface area contributed by atoms with Crippen molar-refractivity contribution in [3.05, 3.63) is 42.0 Å². The number of benzene rings is 1. The SMILES string of the molecule is COc1cccc(CNC(=O)NCC2CC=CCC2)c1. The maximum absolute atomic E-state index is 11.7. The predicted octanol–water partition coefficient (Wildman–Crippen LogP) is 2.85. The van der Waals surface area contributed by atoms with Crippen LogP contribution >= 0.6 is 0 Å². The molecule has 0 fully saturated rings. The summed E-state index contributed by atoms with van der Waals surface area (Å²) < 4.78 is 5.15. The van der Waals surface area contributed by atoms with Crippen molar-refractivity contribution in [2.45, 2.75) is 25.8 Å². The van der Waals surface area contributed by atoms with Crippen LogP contribution in [0.2, 0.25) is 0 Å². The van der Waals surface area contributed by atoms with E-state index in [1.165, 1.54) is 0 Å². The lowest BCUT2D eigenvalue weighted by Gasteiger charge is -2.18. The van der Waals surface area contributed by atoms with Gasteiger partial charge in [0.25, 0.3) is 0 Å². The van der Waals surface area contributed by atoms with E-state index in [4.69, 9.17) is 4.74 Å². The van der Waals surface area contributed by atoms with Crippen LogP contribution in [-0.2, 0) is 6.54 Å². The molecular formula is C16H22N2O2. The van der Waals surface area contributed by atoms with Crippen molar-refractivity contribution in [3.8, 4) is 5.75 Å². The van der Waals surface area contributed by atoms with E-state index in [2.05, 4.69) is 22.8 Å². The summed E-state index contributed by atoms with van der Waals surface area (Å²) in [6.45, 7) is 1.25. The highest BCUT2D eigenvalue weighted by Gasteiger charge is 2.10. The van der Waals surface area contributed by atoms with Crippen molar-refractivity contribution >= 4 is 6.03 Å². The Morgan fingerprint density at radius 3 is 3.00 bits per heavy atom. The molecule has 0 spiro atoms. The normalized spacial score (nSPS) is 17.6. The second-order valence-corrected chi connectivity index (χ2v) is 5.07. The van der Waals surface area contributed by atoms with Crippen molar-refractivity contribution in [1.29, 1.82) is 0 Å². The second kappa shape index (κ2) is 7.58. The highest BCUT2D eigenvalue weighted by molar-refractivity contribution is 5.73. The van der Waals surface area contributed by atoms with Crippen LogP contribution in [0.15, 0.2) is 36.4 Å². The Bertz CT molecular complexity index is 471. The Morgan fingerprint density at radius 2 is 2.25 bits per heavy atom. The Hall–Kier alpha value is -1.97. The number of hydrogen-bond donors (Lipinski definition) is 2. The van der Waals surface area contributed by atoms with Gasteiger partial charge in [-0.2, -0.15) is 0 Å². The molecule has 4 heteroatoms. The molecule has 0 saturated carbocycles. The van der Waals surface area contributed by atoms with Gasteiger partial charge in [-0.05, 0) is 42.9 Å². The summed E-state index contributed by atoms with van der Waals surface area (Å²) in [6.07, 6.45) is 7.75. The zero-order chi connectivity index (χ0) is 14.2. The van der Waals surface area contributed by atoms with Crippen molar-refractivity contribution in [3.63, 3.8) is 0 Å². The average molecular weight is 274 g/mol. The second-order valence-electron chi connectivity index (χ2n) is 5.07. The van der Waals surface area contributed by atoms with Crippen LogP contribution in [0.4, 0.5) is 4.79 Å². The van der Waals surface area contributed by atoms with Gasteiger partial charge in [0.2, 0.25) is 0 Å². The van der Waals surface area contributed by atoms with Crippen molar-refractivity contribution in [2.24, 2.45) is 5.92 Å². The highest BCUT2D eigenvalue weighted by atomic mass is 16.5. The van der Waals surface area contributed by atoms with Gasteiger partial charge in [-0.25, -0.2) is 4.79 Å². The molecule has 1 aromatic rings. The molecule has 1 aromatic carbocycles. The van der Waals surface area contributed by atoms with Crippen LogP contribution in [0.1, 0.15) is 24.8 Å². The van der Waals surface area contributed by atoms with Gasteiger partial charge >= 0.3 is 6.03 Å². The summed E-state index contributed by atoms with van der Waals surface area (Å²) in [5, 5.41) is 5.80. The van der Waals surface area contributed by atoms with E-state index in [9.17, 15) is 4.79 Å². The summed E-state index contributed by atoms with van der Waals surface area (Å²) in [5.41, 5.74) is 1.03. The first-order valence-electron chi connectivity index (χ1n) is 7.07. The fraction of sp³-hybridized carbons (Fsp3) is 0.438. The molecule has 108 valence electrons. The lowest BCUT2D eigenvalue weighted by molar-refractivity contribution is 0.238. The number of carbonyl (C=O) groups excluding carboxylic acids is 1. The largest absolute Gasteiger partial charge is 0.497 e. The Morgan fingerprint density at radius 1 is 1.35 bits per heavy atom. The molecule has 1 atom stereocenters. The topological polar surface area (TPSA) is 50.4 Å². The summed E-state index contributed by atoms with van der Waals surface area (Å²) >= 11 is 0. The minimum Gasteiger partial charge on any atom is -0.497 e. The zero-order valence-corrected chi connectivity index (χ0v) is 11.9. The third kappa shape index (κ3) is 4.61. The van der Waals surface area contributed by atoms with Crippen molar-refractivity contribution in [1.82, 2.24) is 10.6 Å². The van der Waals surface area contributed by atoms with Gasteiger partial charge in [-0.1, -0.05) is 24.3 Å². The van der Waals surface area contributed by atoms with Gasteiger partial charge in [0.05, 0.1) is 7.11 Å². The maximum Gasteiger partial charge on any atom is 0.315 e. The minimum atomic E-state index is -0.109. The van der Waals surface area contributed by atoms with Gasteiger partial charge in [-0.3, -0.25) is 0 Å². The number of allylic oxidation sites excluding steroid dienone is 2. The highest BCUT2D eigenvalue weighted by Crippen LogP contribution is 2.16. The molecule has 1 unspecified atom stereocenters. The molecule has 0 saturated heterocycles. The first kappa shape index (κ1) is 14.4. The Balaban J connectivity index is 1.70. The molecule has 2 amide bonds. The van der Waals surface area contributed by atoms with Gasteiger partial charge in [0.15, 0.2) is 0 Å². The van der Waals surface area contributed by atoms with Gasteiger partial charge in [-0.15, -0.1) is 0 Å². The first-order chi connectivity index (χ1) is 9.78. The summed E-state index contributed by atoms with van der Waals surface area (Å²) in [6, 6.07) is 7.59. The molecule has 2 N–H and O–H groups in total. The number of carbonyl (C=O) groups is 1. The Kier molecular flexibility index (Phi) is 5.47. The number of nitrogens with one attached hydrogen (secondary N) is 2. The number of hydrogen-bond acceptors (Lipinski definition) is 2. The smallest absolute Gasteiger partial charge is 0.315 e. The summed E-state index contributed by atoms with van der Waals surface area (Å²) in [7, 11) is 1.64. The molecule has 4 nitrogen and oxygen atoms in total. The van der Waals surface area contributed by atoms with E-state index < -0.39 is 0 Å². The number of rotatable bonds is 5. The van der Waals surface area contributed by atoms with E-state index in [0.29, 0.717) is 12.5 Å². The monoisotopic (exact) mass is 274 g/mol. The van der Waals surface area contributed by atoms with E-state index >= 15 is 0 Å². The number of urea groups is 1. The average Bonchev–Trinajstić information content (AvgIpc) is 2.52. The molecule has 0 radical (unpaired) electrons. The number of methoxy groups -OCH3 is 1. The van der Waals surface area contributed by atoms with Crippen molar-refractivity contribution < 1.29 is 9.53 Å². The van der Waals surface area contributed by atoms with Crippen LogP contribution in [0.25, 0.3) is 0 Å². The Labute approximate surface area is 120 Å². The van der Waals surface area contributed by atoms with E-state index in [0.717, 1.165) is 37.1 Å². The van der Waals surface area contributed by atoms with Crippen LogP contribution in [0.3, 0.4) is 0 Å². The van der Waals surface area contributed by atoms with E-state index in [1.807, 2.05) is 24.3 Å². The molecule has 0 aliphatic heterocycles. The fourth-order valence-electron chi connectivity index (χ4n) is 2.31. The van der Waals surface area contributed by atoms with Crippen LogP contribution in [0.5, 0.6) is 5.75 Å². The van der Waals surface area contributed by atoms with Crippen molar-refractivity contribution in [2.75, 3.05) is 13.7 Å². The van der Waals surface area contributed by atoms with E-state index in [-0.39, 0.29) is 6.03 Å². The summed E-state index contributed by atoms with van der Waals surface area (Å²) in [5.74, 6) is 1.38. The molecule has 2 rings (SSSR count). The third-order valence-corrected chi connectivity index (χ3v) is 3.52. The first-order valence-corrected chi connectivity index (χ1v) is 7.07. The molecule has 20 heavy (non-hydrogen) atoms. The molecule has 0 aromatic heterocycles. The minimum absolute atomic E-state index is 0.109. The molecule has 1 aliphatic carbocycles. The molecule has 0 heterocycles. The van der Waals surface area contributed by atoms with Crippen LogP contribution in [0, 0.1) is 5.92 Å². The standard InChI is InChI=1S/C16H22N2O2/c1-20-15-9-5-8-14(10-15)12-18-16(19)17-11-13-6-3-2-4-7-13/h2-3,5,8-10,13H,4,6-7,11-12H2,1H3,(H2,17,18,19). The molecular weight excluding hydrogens is 252 g/mol. The van der Waals surface area contributed by atoms with Crippen LogP contribution in [-0.4, -0.2) is 19.7 Å². The quantitative estimate of drug-likeness (QED) is 0.811. The number of ether oxygens (including phenoxy) is 1. The third-order valence-electron chi connectivity index (χ3n) is 3.52. The van der Waals surface area contributed by atoms with Gasteiger partial charge < -0.3 is 15.4 Å². The van der Waals surface area contributed by atoms with Gasteiger partial charge in [0.1, 0.15) is 5.75 Å². The lowest BCUT2D eigenvalue weighted by Crippen LogP contribution is -2.38. The fourth-order valence-corrected chi connectivity index (χ4v) is 2.31. The predicted molar refractivity (Wildman–Crippen MR) is 79.7 cm³/mol. The maximum atomic E-state index is 11.7. The zero-order valence-electron chi connectivity index (χ0n) is 11.9. The molecule has 0 bridgehead atoms. The lowest BCUT2D eigenvalue weighted by atomic mass is 9.94.